The first-order valence-electron chi connectivity index (χ1n) is 11.2. The Morgan fingerprint density at radius 1 is 0.788 bits per heavy atom. The summed E-state index contributed by atoms with van der Waals surface area (Å²) in [6.45, 7) is 15.0. The fourth-order valence-corrected chi connectivity index (χ4v) is 3.34. The number of carbonyl (C=O) groups is 4. The second-order valence-electron chi connectivity index (χ2n) is 6.74. The van der Waals surface area contributed by atoms with Crippen LogP contribution in [0.15, 0.2) is 25.3 Å². The second-order valence-corrected chi connectivity index (χ2v) is 7.82. The fourth-order valence-electron chi connectivity index (χ4n) is 2.80. The summed E-state index contributed by atoms with van der Waals surface area (Å²) in [5, 5.41) is 0. The first kappa shape index (κ1) is 33.3. The molecule has 8 nitrogen and oxygen atoms in total. The van der Waals surface area contributed by atoms with E-state index in [4.69, 9.17) is 18.9 Å². The van der Waals surface area contributed by atoms with Crippen molar-refractivity contribution < 1.29 is 38.1 Å². The molecule has 0 aliphatic rings. The number of carbonyl (C=O) groups excluding carboxylic acids is 4. The highest BCUT2D eigenvalue weighted by atomic mass is 127. The van der Waals surface area contributed by atoms with Crippen LogP contribution in [-0.2, 0) is 38.1 Å². The van der Waals surface area contributed by atoms with Crippen molar-refractivity contribution >= 4 is 46.5 Å². The van der Waals surface area contributed by atoms with Crippen LogP contribution in [0.2, 0.25) is 0 Å². The maximum Gasteiger partial charge on any atom is 0.323 e. The number of esters is 4. The zero-order valence-electron chi connectivity index (χ0n) is 20.4. The zero-order chi connectivity index (χ0) is 25.7. The quantitative estimate of drug-likeness (QED) is 0.0496. The number of ether oxygens (including phenoxy) is 4. The highest BCUT2D eigenvalue weighted by Gasteiger charge is 2.47. The van der Waals surface area contributed by atoms with Crippen LogP contribution < -0.4 is 0 Å². The van der Waals surface area contributed by atoms with Crippen LogP contribution in [-0.4, -0.2) is 54.7 Å². The highest BCUT2D eigenvalue weighted by molar-refractivity contribution is 14.1. The van der Waals surface area contributed by atoms with Gasteiger partial charge in [-0.15, -0.1) is 13.2 Å². The Morgan fingerprint density at radius 3 is 1.58 bits per heavy atom. The first-order valence-corrected chi connectivity index (χ1v) is 12.7. The number of hydrogen-bond acceptors (Lipinski definition) is 8. The number of alkyl halides is 1. The predicted molar refractivity (Wildman–Crippen MR) is 135 cm³/mol. The van der Waals surface area contributed by atoms with Gasteiger partial charge in [-0.3, -0.25) is 19.2 Å². The molecular weight excluding hydrogens is 543 g/mol. The van der Waals surface area contributed by atoms with Crippen molar-refractivity contribution in [2.45, 2.75) is 59.8 Å². The Labute approximate surface area is 211 Å². The average molecular weight is 582 g/mol. The Balaban J connectivity index is 0. The van der Waals surface area contributed by atoms with Gasteiger partial charge in [0.25, 0.3) is 0 Å². The third kappa shape index (κ3) is 12.8. The summed E-state index contributed by atoms with van der Waals surface area (Å²) >= 11 is 2.28. The molecule has 0 atom stereocenters. The standard InChI is InChI=1S/C14H23IO4.C10H16O4/c1-4-9-14(10-7-8-11-15,12(16)18-5-2)13(17)19-6-3;1-4-7-8(9(11)13-5-2)10(12)14-6-3/h4H,1,5-11H2,2-3H3;4,8H,1,5-7H2,2-3H3. The van der Waals surface area contributed by atoms with Gasteiger partial charge >= 0.3 is 23.9 Å². The van der Waals surface area contributed by atoms with E-state index in [0.29, 0.717) is 6.42 Å². The molecule has 0 aromatic rings. The maximum absolute atomic E-state index is 12.2. The van der Waals surface area contributed by atoms with Crippen LogP contribution in [0.4, 0.5) is 0 Å². The van der Waals surface area contributed by atoms with Crippen LogP contribution in [0.5, 0.6) is 0 Å². The Hall–Kier alpha value is -1.91. The summed E-state index contributed by atoms with van der Waals surface area (Å²) in [4.78, 5) is 46.9. The summed E-state index contributed by atoms with van der Waals surface area (Å²) in [5.74, 6) is -2.97. The molecule has 0 aliphatic carbocycles. The summed E-state index contributed by atoms with van der Waals surface area (Å²) < 4.78 is 20.6. The molecule has 0 unspecified atom stereocenters. The van der Waals surface area contributed by atoms with E-state index >= 15 is 0 Å². The molecule has 0 spiro atoms. The molecule has 0 aromatic carbocycles. The lowest BCUT2D eigenvalue weighted by atomic mass is 9.79. The molecule has 0 amide bonds. The number of halogens is 1. The molecule has 190 valence electrons. The minimum absolute atomic E-state index is 0.248. The molecule has 0 fully saturated rings. The van der Waals surface area contributed by atoms with E-state index in [1.807, 2.05) is 0 Å². The maximum atomic E-state index is 12.2. The molecule has 0 saturated carbocycles. The van der Waals surface area contributed by atoms with E-state index in [1.54, 1.807) is 33.8 Å². The lowest BCUT2D eigenvalue weighted by molar-refractivity contribution is -0.173. The van der Waals surface area contributed by atoms with Gasteiger partial charge < -0.3 is 18.9 Å². The molecule has 0 saturated heterocycles. The van der Waals surface area contributed by atoms with Gasteiger partial charge in [0, 0.05) is 0 Å². The van der Waals surface area contributed by atoms with Crippen molar-refractivity contribution in [3.63, 3.8) is 0 Å². The molecule has 0 radical (unpaired) electrons. The van der Waals surface area contributed by atoms with Crippen molar-refractivity contribution in [1.82, 2.24) is 0 Å². The summed E-state index contributed by atoms with van der Waals surface area (Å²) in [6.07, 6.45) is 5.77. The molecule has 33 heavy (non-hydrogen) atoms. The third-order valence-electron chi connectivity index (χ3n) is 4.36. The molecule has 9 heteroatoms. The van der Waals surface area contributed by atoms with Gasteiger partial charge in [0.1, 0.15) is 0 Å². The van der Waals surface area contributed by atoms with Crippen LogP contribution >= 0.6 is 22.6 Å². The van der Waals surface area contributed by atoms with Gasteiger partial charge in [0.05, 0.1) is 26.4 Å². The zero-order valence-corrected chi connectivity index (χ0v) is 22.5. The van der Waals surface area contributed by atoms with Crippen LogP contribution in [0.1, 0.15) is 59.8 Å². The average Bonchev–Trinajstić information content (AvgIpc) is 2.78. The predicted octanol–water partition coefficient (Wildman–Crippen LogP) is 4.59. The van der Waals surface area contributed by atoms with E-state index in [2.05, 4.69) is 35.7 Å². The molecule has 0 aromatic heterocycles. The number of rotatable bonds is 16. The lowest BCUT2D eigenvalue weighted by Gasteiger charge is -2.28. The molecule has 0 rings (SSSR count). The number of hydrogen-bond donors (Lipinski definition) is 0. The minimum Gasteiger partial charge on any atom is -0.465 e. The fraction of sp³-hybridized carbons (Fsp3) is 0.667. The van der Waals surface area contributed by atoms with Crippen molar-refractivity contribution in [1.29, 1.82) is 0 Å². The van der Waals surface area contributed by atoms with Gasteiger partial charge in [0.2, 0.25) is 0 Å². The normalized spacial score (nSPS) is 10.4. The smallest absolute Gasteiger partial charge is 0.323 e. The lowest BCUT2D eigenvalue weighted by Crippen LogP contribution is -2.42. The van der Waals surface area contributed by atoms with Crippen LogP contribution in [0.3, 0.4) is 0 Å². The van der Waals surface area contributed by atoms with E-state index < -0.39 is 35.2 Å². The first-order chi connectivity index (χ1) is 15.8. The van der Waals surface area contributed by atoms with Gasteiger partial charge in [-0.1, -0.05) is 41.2 Å². The molecule has 0 aliphatic heterocycles. The Morgan fingerprint density at radius 2 is 1.24 bits per heavy atom. The molecular formula is C24H39IO8. The van der Waals surface area contributed by atoms with E-state index in [-0.39, 0.29) is 39.3 Å². The summed E-state index contributed by atoms with van der Waals surface area (Å²) in [6, 6.07) is 0. The van der Waals surface area contributed by atoms with Crippen molar-refractivity contribution in [2.24, 2.45) is 11.3 Å². The monoisotopic (exact) mass is 582 g/mol. The molecule has 0 heterocycles. The van der Waals surface area contributed by atoms with Crippen LogP contribution in [0.25, 0.3) is 0 Å². The van der Waals surface area contributed by atoms with Crippen LogP contribution in [0, 0.1) is 11.3 Å². The molecule has 0 N–H and O–H groups in total. The SMILES string of the molecule is C=CCC(C(=O)OCC)C(=O)OCC.C=CCC(CCCCI)(C(=O)OCC)C(=O)OCC. The number of unbranched alkanes of at least 4 members (excludes halogenated alkanes) is 1. The van der Waals surface area contributed by atoms with Crippen molar-refractivity contribution in [3.8, 4) is 0 Å². The number of allylic oxidation sites excluding steroid dienone is 2. The third-order valence-corrected chi connectivity index (χ3v) is 5.12. The summed E-state index contributed by atoms with van der Waals surface area (Å²) in [7, 11) is 0. The van der Waals surface area contributed by atoms with Gasteiger partial charge in [-0.25, -0.2) is 0 Å². The van der Waals surface area contributed by atoms with Gasteiger partial charge in [0.15, 0.2) is 11.3 Å². The Bertz CT molecular complexity index is 582. The van der Waals surface area contributed by atoms with E-state index in [9.17, 15) is 19.2 Å². The highest BCUT2D eigenvalue weighted by Crippen LogP contribution is 2.33. The van der Waals surface area contributed by atoms with E-state index in [1.165, 1.54) is 6.08 Å². The van der Waals surface area contributed by atoms with Gasteiger partial charge in [-0.2, -0.15) is 0 Å². The van der Waals surface area contributed by atoms with Gasteiger partial charge in [-0.05, 0) is 57.8 Å². The van der Waals surface area contributed by atoms with E-state index in [0.717, 1.165) is 17.3 Å². The Kier molecular flexibility index (Phi) is 20.8. The molecule has 0 bridgehead atoms. The van der Waals surface area contributed by atoms with Crippen molar-refractivity contribution in [2.75, 3.05) is 30.9 Å². The largest absolute Gasteiger partial charge is 0.465 e. The minimum atomic E-state index is -1.22. The topological polar surface area (TPSA) is 105 Å². The summed E-state index contributed by atoms with van der Waals surface area (Å²) in [5.41, 5.74) is -1.22. The van der Waals surface area contributed by atoms with Crippen molar-refractivity contribution in [3.05, 3.63) is 25.3 Å². The second kappa shape index (κ2) is 20.7.